The predicted molar refractivity (Wildman–Crippen MR) is 94.1 cm³/mol. The van der Waals surface area contributed by atoms with Gasteiger partial charge in [0.25, 0.3) is 0 Å². The number of nitrogens with zero attached hydrogens (tertiary/aromatic N) is 1. The van der Waals surface area contributed by atoms with Crippen molar-refractivity contribution in [2.75, 3.05) is 6.54 Å². The Bertz CT molecular complexity index is 516. The van der Waals surface area contributed by atoms with Gasteiger partial charge in [0.05, 0.1) is 0 Å². The lowest BCUT2D eigenvalue weighted by Crippen LogP contribution is -2.41. The Morgan fingerprint density at radius 2 is 2.00 bits per heavy atom. The van der Waals surface area contributed by atoms with E-state index in [1.807, 2.05) is 0 Å². The third-order valence-electron chi connectivity index (χ3n) is 5.91. The molecule has 3 heteroatoms. The molecule has 1 aliphatic carbocycles. The topological polar surface area (TPSA) is 46.3 Å². The minimum absolute atomic E-state index is 0.232. The van der Waals surface area contributed by atoms with Gasteiger partial charge in [-0.15, -0.1) is 0 Å². The summed E-state index contributed by atoms with van der Waals surface area (Å²) in [4.78, 5) is 15.1. The lowest BCUT2D eigenvalue weighted by molar-refractivity contribution is -0.133. The molecule has 23 heavy (non-hydrogen) atoms. The summed E-state index contributed by atoms with van der Waals surface area (Å²) in [5.41, 5.74) is 7.54. The average Bonchev–Trinajstić information content (AvgIpc) is 3.19. The molecule has 1 aromatic rings. The highest BCUT2D eigenvalue weighted by molar-refractivity contribution is 5.77. The van der Waals surface area contributed by atoms with Crippen LogP contribution in [0.3, 0.4) is 0 Å². The molecule has 3 rings (SSSR count). The van der Waals surface area contributed by atoms with Crippen molar-refractivity contribution in [2.45, 2.75) is 69.9 Å². The second kappa shape index (κ2) is 7.48. The molecule has 2 unspecified atom stereocenters. The molecule has 1 amide bonds. The first-order valence-corrected chi connectivity index (χ1v) is 9.30. The molecule has 3 nitrogen and oxygen atoms in total. The van der Waals surface area contributed by atoms with Crippen LogP contribution in [0.4, 0.5) is 0 Å². The molecule has 2 N–H and O–H groups in total. The summed E-state index contributed by atoms with van der Waals surface area (Å²) in [5.74, 6) is 1.20. The van der Waals surface area contributed by atoms with Crippen LogP contribution in [0.15, 0.2) is 30.3 Å². The van der Waals surface area contributed by atoms with Crippen LogP contribution in [0.25, 0.3) is 0 Å². The second-order valence-corrected chi connectivity index (χ2v) is 7.28. The molecule has 0 spiro atoms. The highest BCUT2D eigenvalue weighted by Crippen LogP contribution is 2.35. The van der Waals surface area contributed by atoms with E-state index in [0.717, 1.165) is 38.6 Å². The van der Waals surface area contributed by atoms with Crippen LogP contribution in [-0.4, -0.2) is 29.4 Å². The summed E-state index contributed by atoms with van der Waals surface area (Å²) in [6, 6.07) is 11.3. The summed E-state index contributed by atoms with van der Waals surface area (Å²) >= 11 is 0. The van der Waals surface area contributed by atoms with Gasteiger partial charge in [0.15, 0.2) is 0 Å². The van der Waals surface area contributed by atoms with Crippen molar-refractivity contribution >= 4 is 5.91 Å². The first-order valence-electron chi connectivity index (χ1n) is 9.30. The maximum absolute atomic E-state index is 12.9. The second-order valence-electron chi connectivity index (χ2n) is 7.28. The molecule has 1 saturated heterocycles. The summed E-state index contributed by atoms with van der Waals surface area (Å²) in [6.45, 7) is 3.17. The number of likely N-dealkylation sites (tertiary alicyclic amines) is 1. The van der Waals surface area contributed by atoms with Crippen molar-refractivity contribution in [1.82, 2.24) is 4.90 Å². The maximum atomic E-state index is 12.9. The first kappa shape index (κ1) is 16.5. The summed E-state index contributed by atoms with van der Waals surface area (Å²) in [5, 5.41) is 0. The van der Waals surface area contributed by atoms with Crippen molar-refractivity contribution in [3.05, 3.63) is 35.9 Å². The zero-order valence-electron chi connectivity index (χ0n) is 14.3. The fourth-order valence-electron chi connectivity index (χ4n) is 4.61. The third kappa shape index (κ3) is 3.60. The van der Waals surface area contributed by atoms with Gasteiger partial charge in [-0.05, 0) is 43.6 Å². The number of rotatable bonds is 5. The predicted octanol–water partition coefficient (Wildman–Crippen LogP) is 3.69. The average molecular weight is 314 g/mol. The largest absolute Gasteiger partial charge is 0.339 e. The smallest absolute Gasteiger partial charge is 0.223 e. The minimum atomic E-state index is 0.232. The normalized spacial score (nSPS) is 29.0. The molecule has 1 aliphatic heterocycles. The van der Waals surface area contributed by atoms with E-state index in [2.05, 4.69) is 42.2 Å². The quantitative estimate of drug-likeness (QED) is 0.901. The summed E-state index contributed by atoms with van der Waals surface area (Å²) in [6.07, 6.45) is 7.41. The van der Waals surface area contributed by atoms with Gasteiger partial charge in [-0.2, -0.15) is 0 Å². The number of nitrogens with two attached hydrogens (primary N) is 1. The number of hydrogen-bond donors (Lipinski definition) is 1. The van der Waals surface area contributed by atoms with E-state index in [-0.39, 0.29) is 6.04 Å². The minimum Gasteiger partial charge on any atom is -0.339 e. The van der Waals surface area contributed by atoms with E-state index in [0.29, 0.717) is 30.2 Å². The molecular formula is C20H30N2O. The molecule has 2 fully saturated rings. The van der Waals surface area contributed by atoms with Gasteiger partial charge in [-0.3, -0.25) is 4.79 Å². The fourth-order valence-corrected chi connectivity index (χ4v) is 4.61. The lowest BCUT2D eigenvalue weighted by atomic mass is 9.87. The number of carbonyl (C=O) groups is 1. The maximum Gasteiger partial charge on any atom is 0.223 e. The molecule has 0 bridgehead atoms. The Balaban J connectivity index is 1.70. The Kier molecular flexibility index (Phi) is 5.37. The van der Waals surface area contributed by atoms with Gasteiger partial charge >= 0.3 is 0 Å². The fraction of sp³-hybridized carbons (Fsp3) is 0.650. The molecule has 1 aromatic carbocycles. The van der Waals surface area contributed by atoms with Crippen LogP contribution in [0.1, 0.15) is 63.4 Å². The van der Waals surface area contributed by atoms with Crippen LogP contribution in [0.2, 0.25) is 0 Å². The van der Waals surface area contributed by atoms with E-state index in [9.17, 15) is 4.79 Å². The van der Waals surface area contributed by atoms with E-state index in [4.69, 9.17) is 5.73 Å². The zero-order valence-corrected chi connectivity index (χ0v) is 14.3. The monoisotopic (exact) mass is 314 g/mol. The molecule has 2 aliphatic rings. The van der Waals surface area contributed by atoms with Crippen molar-refractivity contribution in [3.8, 4) is 0 Å². The van der Waals surface area contributed by atoms with Gasteiger partial charge in [0, 0.05) is 31.0 Å². The number of carbonyl (C=O) groups excluding carboxylic acids is 1. The van der Waals surface area contributed by atoms with Crippen molar-refractivity contribution < 1.29 is 4.79 Å². The highest BCUT2D eigenvalue weighted by atomic mass is 16.2. The van der Waals surface area contributed by atoms with Gasteiger partial charge in [-0.25, -0.2) is 0 Å². The van der Waals surface area contributed by atoms with Gasteiger partial charge < -0.3 is 10.6 Å². The van der Waals surface area contributed by atoms with Crippen molar-refractivity contribution in [1.29, 1.82) is 0 Å². The van der Waals surface area contributed by atoms with Crippen LogP contribution in [0, 0.1) is 5.92 Å². The highest BCUT2D eigenvalue weighted by Gasteiger charge is 2.36. The molecule has 0 radical (unpaired) electrons. The molecule has 1 heterocycles. The van der Waals surface area contributed by atoms with Crippen LogP contribution in [0.5, 0.6) is 0 Å². The number of amides is 1. The SMILES string of the molecule is CCC(c1ccccc1)C1CCCN1C(=O)C[C@@H]1CCC[C@H]1N. The van der Waals surface area contributed by atoms with Crippen LogP contribution in [-0.2, 0) is 4.79 Å². The van der Waals surface area contributed by atoms with E-state index in [1.54, 1.807) is 0 Å². The summed E-state index contributed by atoms with van der Waals surface area (Å²) < 4.78 is 0. The lowest BCUT2D eigenvalue weighted by Gasteiger charge is -2.32. The first-order chi connectivity index (χ1) is 11.2. The molecular weight excluding hydrogens is 284 g/mol. The Morgan fingerprint density at radius 1 is 1.22 bits per heavy atom. The van der Waals surface area contributed by atoms with Crippen LogP contribution < -0.4 is 5.73 Å². The Morgan fingerprint density at radius 3 is 2.65 bits per heavy atom. The Hall–Kier alpha value is -1.35. The standard InChI is InChI=1S/C20H30N2O/c1-2-17(15-8-4-3-5-9-15)19-12-7-13-22(19)20(23)14-16-10-6-11-18(16)21/h3-5,8-9,16-19H,2,6-7,10-14,21H2,1H3/t16-,17?,18+,19?/m0/s1. The third-order valence-corrected chi connectivity index (χ3v) is 5.91. The van der Waals surface area contributed by atoms with Gasteiger partial charge in [0.1, 0.15) is 0 Å². The summed E-state index contributed by atoms with van der Waals surface area (Å²) in [7, 11) is 0. The van der Waals surface area contributed by atoms with Crippen molar-refractivity contribution in [3.63, 3.8) is 0 Å². The van der Waals surface area contributed by atoms with Crippen LogP contribution >= 0.6 is 0 Å². The Labute approximate surface area is 140 Å². The van der Waals surface area contributed by atoms with E-state index in [1.165, 1.54) is 12.0 Å². The van der Waals surface area contributed by atoms with Crippen molar-refractivity contribution in [2.24, 2.45) is 11.7 Å². The van der Waals surface area contributed by atoms with E-state index >= 15 is 0 Å². The van der Waals surface area contributed by atoms with Gasteiger partial charge in [0.2, 0.25) is 5.91 Å². The molecule has 0 aromatic heterocycles. The molecule has 126 valence electrons. The number of benzene rings is 1. The number of hydrogen-bond acceptors (Lipinski definition) is 2. The van der Waals surface area contributed by atoms with Gasteiger partial charge in [-0.1, -0.05) is 43.7 Å². The molecule has 1 saturated carbocycles. The molecule has 4 atom stereocenters. The zero-order chi connectivity index (χ0) is 16.2. The van der Waals surface area contributed by atoms with E-state index < -0.39 is 0 Å².